The second kappa shape index (κ2) is 7.39. The number of ether oxygens (including phenoxy) is 1. The first-order valence-corrected chi connectivity index (χ1v) is 7.44. The normalized spacial score (nSPS) is 17.1. The smallest absolute Gasteiger partial charge is 0.141 e. The van der Waals surface area contributed by atoms with Crippen molar-refractivity contribution in [2.75, 3.05) is 32.5 Å². The first-order chi connectivity index (χ1) is 9.29. The highest BCUT2D eigenvalue weighted by molar-refractivity contribution is 5.54. The van der Waals surface area contributed by atoms with Crippen molar-refractivity contribution < 1.29 is 4.74 Å². The fourth-order valence-electron chi connectivity index (χ4n) is 2.81. The molecule has 3 heteroatoms. The maximum absolute atomic E-state index is 5.93. The summed E-state index contributed by atoms with van der Waals surface area (Å²) in [5.41, 5.74) is 7.99. The number of rotatable bonds is 5. The van der Waals surface area contributed by atoms with E-state index in [4.69, 9.17) is 10.5 Å². The van der Waals surface area contributed by atoms with E-state index in [9.17, 15) is 0 Å². The van der Waals surface area contributed by atoms with Crippen LogP contribution in [0.5, 0.6) is 5.75 Å². The Balaban J connectivity index is 1.77. The highest BCUT2D eigenvalue weighted by Gasteiger charge is 2.08. The molecule has 19 heavy (non-hydrogen) atoms. The van der Waals surface area contributed by atoms with Gasteiger partial charge >= 0.3 is 0 Å². The monoisotopic (exact) mass is 262 g/mol. The fourth-order valence-corrected chi connectivity index (χ4v) is 2.81. The van der Waals surface area contributed by atoms with Crippen molar-refractivity contribution in [3.05, 3.63) is 23.8 Å². The van der Waals surface area contributed by atoms with Crippen molar-refractivity contribution in [1.29, 1.82) is 0 Å². The third kappa shape index (κ3) is 4.43. The maximum Gasteiger partial charge on any atom is 0.141 e. The van der Waals surface area contributed by atoms with Gasteiger partial charge in [-0.25, -0.2) is 0 Å². The van der Waals surface area contributed by atoms with Crippen molar-refractivity contribution in [3.63, 3.8) is 0 Å². The lowest BCUT2D eigenvalue weighted by molar-refractivity contribution is 0.281. The third-order valence-corrected chi connectivity index (χ3v) is 3.93. The summed E-state index contributed by atoms with van der Waals surface area (Å²) in [7, 11) is 1.66. The van der Waals surface area contributed by atoms with E-state index < -0.39 is 0 Å². The second-order valence-electron chi connectivity index (χ2n) is 5.44. The van der Waals surface area contributed by atoms with Gasteiger partial charge in [-0.2, -0.15) is 0 Å². The number of aryl methyl sites for hydroxylation is 1. The second-order valence-corrected chi connectivity index (χ2v) is 5.44. The van der Waals surface area contributed by atoms with Crippen molar-refractivity contribution in [2.24, 2.45) is 0 Å². The van der Waals surface area contributed by atoms with Crippen LogP contribution in [-0.2, 0) is 6.42 Å². The maximum atomic E-state index is 5.93. The van der Waals surface area contributed by atoms with Crippen molar-refractivity contribution >= 4 is 5.69 Å². The number of anilines is 1. The molecule has 106 valence electrons. The zero-order valence-corrected chi connectivity index (χ0v) is 12.0. The van der Waals surface area contributed by atoms with Crippen molar-refractivity contribution in [2.45, 2.75) is 38.5 Å². The molecule has 0 aliphatic carbocycles. The Bertz CT molecular complexity index is 384. The molecule has 1 heterocycles. The quantitative estimate of drug-likeness (QED) is 0.829. The summed E-state index contributed by atoms with van der Waals surface area (Å²) in [5, 5.41) is 0. The zero-order chi connectivity index (χ0) is 13.5. The topological polar surface area (TPSA) is 38.5 Å². The van der Waals surface area contributed by atoms with Crippen LogP contribution in [0.3, 0.4) is 0 Å². The van der Waals surface area contributed by atoms with Gasteiger partial charge in [-0.3, -0.25) is 0 Å². The molecule has 1 aromatic carbocycles. The van der Waals surface area contributed by atoms with Gasteiger partial charge in [0.05, 0.1) is 12.8 Å². The predicted octanol–water partition coefficient (Wildman–Crippen LogP) is 3.09. The summed E-state index contributed by atoms with van der Waals surface area (Å²) in [6, 6.07) is 6.13. The van der Waals surface area contributed by atoms with E-state index >= 15 is 0 Å². The number of likely N-dealkylation sites (tertiary alicyclic amines) is 1. The van der Waals surface area contributed by atoms with E-state index in [2.05, 4.69) is 11.0 Å². The molecule has 1 saturated heterocycles. The Morgan fingerprint density at radius 1 is 1.16 bits per heavy atom. The Kier molecular flexibility index (Phi) is 5.52. The van der Waals surface area contributed by atoms with Crippen LogP contribution < -0.4 is 10.5 Å². The Morgan fingerprint density at radius 2 is 1.89 bits per heavy atom. The molecular weight excluding hydrogens is 236 g/mol. The van der Waals surface area contributed by atoms with Gasteiger partial charge in [0.15, 0.2) is 0 Å². The lowest BCUT2D eigenvalue weighted by Gasteiger charge is -2.19. The Hall–Kier alpha value is -1.22. The molecule has 1 aliphatic rings. The molecule has 3 nitrogen and oxygen atoms in total. The zero-order valence-electron chi connectivity index (χ0n) is 12.0. The highest BCUT2D eigenvalue weighted by Crippen LogP contribution is 2.22. The predicted molar refractivity (Wildman–Crippen MR) is 80.6 cm³/mol. The molecule has 1 aliphatic heterocycles. The molecule has 1 fully saturated rings. The lowest BCUT2D eigenvalue weighted by Crippen LogP contribution is -2.26. The number of nitrogen functional groups attached to an aromatic ring is 1. The van der Waals surface area contributed by atoms with Crippen LogP contribution in [0.1, 0.15) is 37.7 Å². The number of hydrogen-bond donors (Lipinski definition) is 1. The van der Waals surface area contributed by atoms with Crippen LogP contribution in [0.2, 0.25) is 0 Å². The van der Waals surface area contributed by atoms with Crippen LogP contribution in [-0.4, -0.2) is 31.6 Å². The third-order valence-electron chi connectivity index (χ3n) is 3.93. The molecule has 0 unspecified atom stereocenters. The van der Waals surface area contributed by atoms with Crippen LogP contribution in [0, 0.1) is 0 Å². The van der Waals surface area contributed by atoms with E-state index in [0.717, 1.165) is 17.9 Å². The van der Waals surface area contributed by atoms with Crippen LogP contribution in [0.4, 0.5) is 5.69 Å². The molecule has 0 radical (unpaired) electrons. The minimum atomic E-state index is 0.745. The minimum absolute atomic E-state index is 0.745. The van der Waals surface area contributed by atoms with Gasteiger partial charge < -0.3 is 15.4 Å². The lowest BCUT2D eigenvalue weighted by atomic mass is 10.1. The van der Waals surface area contributed by atoms with E-state index in [1.807, 2.05) is 12.1 Å². The van der Waals surface area contributed by atoms with E-state index in [1.54, 1.807) is 7.11 Å². The first kappa shape index (κ1) is 14.2. The van der Waals surface area contributed by atoms with Crippen LogP contribution in [0.15, 0.2) is 18.2 Å². The molecule has 0 atom stereocenters. The van der Waals surface area contributed by atoms with Crippen LogP contribution in [0.25, 0.3) is 0 Å². The van der Waals surface area contributed by atoms with Gasteiger partial charge in [0, 0.05) is 0 Å². The summed E-state index contributed by atoms with van der Waals surface area (Å²) in [6.45, 7) is 3.78. The standard InChI is InChI=1S/C16H26N2O/c1-19-16-9-8-14(13-15(16)17)7-6-12-18-10-4-2-3-5-11-18/h8-9,13H,2-7,10-12,17H2,1H3. The van der Waals surface area contributed by atoms with Crippen molar-refractivity contribution in [1.82, 2.24) is 4.90 Å². The number of nitrogens with two attached hydrogens (primary N) is 1. The van der Waals surface area contributed by atoms with Crippen molar-refractivity contribution in [3.8, 4) is 5.75 Å². The van der Waals surface area contributed by atoms with Gasteiger partial charge in [-0.1, -0.05) is 18.9 Å². The number of hydrogen-bond acceptors (Lipinski definition) is 3. The molecule has 2 N–H and O–H groups in total. The molecule has 0 aromatic heterocycles. The summed E-state index contributed by atoms with van der Waals surface area (Å²) >= 11 is 0. The summed E-state index contributed by atoms with van der Waals surface area (Å²) in [4.78, 5) is 2.61. The largest absolute Gasteiger partial charge is 0.495 e. The fraction of sp³-hybridized carbons (Fsp3) is 0.625. The number of benzene rings is 1. The van der Waals surface area contributed by atoms with Gasteiger partial charge in [-0.15, -0.1) is 0 Å². The summed E-state index contributed by atoms with van der Waals surface area (Å²) in [5.74, 6) is 0.774. The molecule has 1 aromatic rings. The number of methoxy groups -OCH3 is 1. The molecular formula is C16H26N2O. The Morgan fingerprint density at radius 3 is 2.53 bits per heavy atom. The highest BCUT2D eigenvalue weighted by atomic mass is 16.5. The summed E-state index contributed by atoms with van der Waals surface area (Å²) < 4.78 is 5.18. The van der Waals surface area contributed by atoms with E-state index in [1.165, 1.54) is 57.3 Å². The van der Waals surface area contributed by atoms with Gasteiger partial charge in [-0.05, 0) is 63.0 Å². The van der Waals surface area contributed by atoms with E-state index in [0.29, 0.717) is 0 Å². The molecule has 0 spiro atoms. The molecule has 0 bridgehead atoms. The van der Waals surface area contributed by atoms with Gasteiger partial charge in [0.25, 0.3) is 0 Å². The first-order valence-electron chi connectivity index (χ1n) is 7.44. The Labute approximate surface area is 116 Å². The minimum Gasteiger partial charge on any atom is -0.495 e. The summed E-state index contributed by atoms with van der Waals surface area (Å²) in [6.07, 6.45) is 7.87. The average Bonchev–Trinajstić information content (AvgIpc) is 2.68. The molecule has 2 rings (SSSR count). The SMILES string of the molecule is COc1ccc(CCCN2CCCCCC2)cc1N. The average molecular weight is 262 g/mol. The van der Waals surface area contributed by atoms with E-state index in [-0.39, 0.29) is 0 Å². The van der Waals surface area contributed by atoms with Crippen LogP contribution >= 0.6 is 0 Å². The van der Waals surface area contributed by atoms with Gasteiger partial charge in [0.1, 0.15) is 5.75 Å². The molecule has 0 amide bonds. The molecule has 0 saturated carbocycles. The number of nitrogens with zero attached hydrogens (tertiary/aromatic N) is 1. The van der Waals surface area contributed by atoms with Gasteiger partial charge in [0.2, 0.25) is 0 Å².